The summed E-state index contributed by atoms with van der Waals surface area (Å²) in [5.74, 6) is 6.51. The van der Waals surface area contributed by atoms with E-state index in [1.807, 2.05) is 0 Å². The third-order valence-electron chi connectivity index (χ3n) is 5.44. The fraction of sp³-hybridized carbons (Fsp3) is 0.667. The monoisotopic (exact) mass is 288 g/mol. The third-order valence-corrected chi connectivity index (χ3v) is 5.44. The summed E-state index contributed by atoms with van der Waals surface area (Å²) in [7, 11) is 0. The van der Waals surface area contributed by atoms with Crippen LogP contribution in [0, 0.1) is 12.8 Å². The number of aryl methyl sites for hydroxylation is 2. The van der Waals surface area contributed by atoms with Gasteiger partial charge in [-0.25, -0.2) is 0 Å². The maximum absolute atomic E-state index is 6.03. The van der Waals surface area contributed by atoms with Crippen molar-refractivity contribution in [2.24, 2.45) is 11.8 Å². The molecule has 1 aromatic carbocycles. The second-order valence-corrected chi connectivity index (χ2v) is 6.94. The molecule has 2 unspecified atom stereocenters. The van der Waals surface area contributed by atoms with Crippen molar-refractivity contribution in [2.45, 2.75) is 63.5 Å². The lowest BCUT2D eigenvalue weighted by Crippen LogP contribution is -2.51. The molecule has 1 heterocycles. The van der Waals surface area contributed by atoms with Gasteiger partial charge in [0, 0.05) is 12.6 Å². The number of benzene rings is 1. The molecule has 3 rings (SSSR count). The van der Waals surface area contributed by atoms with Crippen molar-refractivity contribution in [3.05, 3.63) is 35.4 Å². The minimum absolute atomic E-state index is 0.210. The van der Waals surface area contributed by atoms with Gasteiger partial charge in [0.2, 0.25) is 0 Å². The number of rotatable bonds is 5. The van der Waals surface area contributed by atoms with Crippen LogP contribution in [0.25, 0.3) is 0 Å². The number of nitrogens with two attached hydrogens (primary N) is 1. The van der Waals surface area contributed by atoms with Crippen LogP contribution in [0.4, 0.5) is 0 Å². The summed E-state index contributed by atoms with van der Waals surface area (Å²) < 4.78 is 6.03. The molecule has 0 radical (unpaired) electrons. The zero-order valence-corrected chi connectivity index (χ0v) is 13.1. The largest absolute Gasteiger partial charge is 0.375 e. The Bertz CT molecular complexity index is 453. The van der Waals surface area contributed by atoms with Crippen LogP contribution in [0.1, 0.15) is 49.7 Å². The normalized spacial score (nSPS) is 25.5. The first kappa shape index (κ1) is 15.0. The maximum atomic E-state index is 6.03. The van der Waals surface area contributed by atoms with Gasteiger partial charge in [0.15, 0.2) is 0 Å². The van der Waals surface area contributed by atoms with E-state index in [2.05, 4.69) is 36.6 Å². The van der Waals surface area contributed by atoms with Crippen molar-refractivity contribution in [3.63, 3.8) is 0 Å². The van der Waals surface area contributed by atoms with Crippen molar-refractivity contribution in [1.29, 1.82) is 0 Å². The zero-order valence-electron chi connectivity index (χ0n) is 13.1. The molecule has 1 spiro atoms. The van der Waals surface area contributed by atoms with Gasteiger partial charge in [0.05, 0.1) is 5.60 Å². The molecular formula is C18H28N2O. The molecule has 1 aliphatic heterocycles. The van der Waals surface area contributed by atoms with Gasteiger partial charge in [-0.1, -0.05) is 29.8 Å². The van der Waals surface area contributed by atoms with Crippen molar-refractivity contribution in [2.75, 3.05) is 6.61 Å². The molecule has 2 aliphatic rings. The van der Waals surface area contributed by atoms with Crippen LogP contribution in [0.15, 0.2) is 24.3 Å². The highest BCUT2D eigenvalue weighted by molar-refractivity contribution is 5.21. The Kier molecular flexibility index (Phi) is 4.63. The topological polar surface area (TPSA) is 47.3 Å². The van der Waals surface area contributed by atoms with Gasteiger partial charge >= 0.3 is 0 Å². The SMILES string of the molecule is Cc1ccc(CCC(NN)C2CCOC3(CCC3)C2)cc1. The first-order valence-electron chi connectivity index (χ1n) is 8.36. The second kappa shape index (κ2) is 6.47. The molecule has 2 atom stereocenters. The Balaban J connectivity index is 1.55. The highest BCUT2D eigenvalue weighted by atomic mass is 16.5. The molecule has 1 aromatic rings. The predicted octanol–water partition coefficient (Wildman–Crippen LogP) is 3.11. The van der Waals surface area contributed by atoms with Crippen LogP contribution in [0.5, 0.6) is 0 Å². The molecule has 3 N–H and O–H groups in total. The summed E-state index contributed by atoms with van der Waals surface area (Å²) >= 11 is 0. The van der Waals surface area contributed by atoms with Crippen LogP contribution >= 0.6 is 0 Å². The Hall–Kier alpha value is -0.900. The second-order valence-electron chi connectivity index (χ2n) is 6.94. The van der Waals surface area contributed by atoms with E-state index in [4.69, 9.17) is 10.6 Å². The molecule has 3 nitrogen and oxygen atoms in total. The summed E-state index contributed by atoms with van der Waals surface area (Å²) in [6.45, 7) is 3.04. The predicted molar refractivity (Wildman–Crippen MR) is 85.9 cm³/mol. The molecule has 1 aliphatic carbocycles. The Labute approximate surface area is 128 Å². The van der Waals surface area contributed by atoms with Gasteiger partial charge in [-0.05, 0) is 63.4 Å². The molecule has 2 fully saturated rings. The van der Waals surface area contributed by atoms with Gasteiger partial charge in [0.1, 0.15) is 0 Å². The number of ether oxygens (including phenoxy) is 1. The van der Waals surface area contributed by atoms with Crippen LogP contribution in [-0.4, -0.2) is 18.2 Å². The van der Waals surface area contributed by atoms with Gasteiger partial charge in [-0.3, -0.25) is 11.3 Å². The van der Waals surface area contributed by atoms with Gasteiger partial charge < -0.3 is 4.74 Å². The molecule has 116 valence electrons. The van der Waals surface area contributed by atoms with Crippen molar-refractivity contribution < 1.29 is 4.74 Å². The summed E-state index contributed by atoms with van der Waals surface area (Å²) in [6.07, 6.45) is 8.37. The molecule has 0 bridgehead atoms. The zero-order chi connectivity index (χ0) is 14.7. The maximum Gasteiger partial charge on any atom is 0.0685 e. The van der Waals surface area contributed by atoms with E-state index in [-0.39, 0.29) is 5.60 Å². The molecule has 0 amide bonds. The number of nitrogens with one attached hydrogen (secondary N) is 1. The first-order valence-corrected chi connectivity index (χ1v) is 8.36. The first-order chi connectivity index (χ1) is 10.2. The lowest BCUT2D eigenvalue weighted by Gasteiger charge is -2.48. The Morgan fingerprint density at radius 1 is 1.33 bits per heavy atom. The Morgan fingerprint density at radius 3 is 2.71 bits per heavy atom. The van der Waals surface area contributed by atoms with Crippen molar-refractivity contribution in [1.82, 2.24) is 5.43 Å². The highest BCUT2D eigenvalue weighted by Gasteiger charge is 2.44. The quantitative estimate of drug-likeness (QED) is 0.646. The fourth-order valence-corrected chi connectivity index (χ4v) is 3.86. The molecule has 1 saturated carbocycles. The average Bonchev–Trinajstić information content (AvgIpc) is 2.48. The summed E-state index contributed by atoms with van der Waals surface area (Å²) in [5, 5.41) is 0. The summed E-state index contributed by atoms with van der Waals surface area (Å²) in [4.78, 5) is 0. The number of hydrogen-bond donors (Lipinski definition) is 2. The van der Waals surface area contributed by atoms with Gasteiger partial charge in [0.25, 0.3) is 0 Å². The van der Waals surface area contributed by atoms with Crippen molar-refractivity contribution >= 4 is 0 Å². The van der Waals surface area contributed by atoms with Crippen LogP contribution in [-0.2, 0) is 11.2 Å². The van der Waals surface area contributed by atoms with E-state index >= 15 is 0 Å². The van der Waals surface area contributed by atoms with Gasteiger partial charge in [-0.2, -0.15) is 0 Å². The average molecular weight is 288 g/mol. The minimum atomic E-state index is 0.210. The molecule has 21 heavy (non-hydrogen) atoms. The van der Waals surface area contributed by atoms with E-state index in [0.29, 0.717) is 12.0 Å². The van der Waals surface area contributed by atoms with E-state index in [9.17, 15) is 0 Å². The van der Waals surface area contributed by atoms with E-state index in [1.54, 1.807) is 0 Å². The van der Waals surface area contributed by atoms with Crippen LogP contribution in [0.2, 0.25) is 0 Å². The van der Waals surface area contributed by atoms with E-state index < -0.39 is 0 Å². The Morgan fingerprint density at radius 2 is 2.10 bits per heavy atom. The van der Waals surface area contributed by atoms with E-state index in [0.717, 1.165) is 25.9 Å². The van der Waals surface area contributed by atoms with Crippen molar-refractivity contribution in [3.8, 4) is 0 Å². The molecular weight excluding hydrogens is 260 g/mol. The molecule has 0 aromatic heterocycles. The number of hydrogen-bond acceptors (Lipinski definition) is 3. The van der Waals surface area contributed by atoms with Crippen LogP contribution < -0.4 is 11.3 Å². The van der Waals surface area contributed by atoms with Crippen LogP contribution in [0.3, 0.4) is 0 Å². The molecule has 3 heteroatoms. The summed E-state index contributed by atoms with van der Waals surface area (Å²) in [6, 6.07) is 9.27. The summed E-state index contributed by atoms with van der Waals surface area (Å²) in [5.41, 5.74) is 6.03. The third kappa shape index (κ3) is 3.47. The number of hydrazine groups is 1. The highest BCUT2D eigenvalue weighted by Crippen LogP contribution is 2.45. The fourth-order valence-electron chi connectivity index (χ4n) is 3.86. The van der Waals surface area contributed by atoms with Gasteiger partial charge in [-0.15, -0.1) is 0 Å². The molecule has 1 saturated heterocycles. The minimum Gasteiger partial charge on any atom is -0.375 e. The van der Waals surface area contributed by atoms with E-state index in [1.165, 1.54) is 36.8 Å². The lowest BCUT2D eigenvalue weighted by molar-refractivity contribution is -0.147. The lowest BCUT2D eigenvalue weighted by atomic mass is 9.70. The smallest absolute Gasteiger partial charge is 0.0685 e. The standard InChI is InChI=1S/C18H28N2O/c1-14-3-5-15(6-4-14)7-8-17(20-19)16-9-12-21-18(13-16)10-2-11-18/h3-6,16-17,20H,2,7-13,19H2,1H3.